The van der Waals surface area contributed by atoms with Gasteiger partial charge in [-0.3, -0.25) is 0 Å². The molecule has 0 aromatic carbocycles. The number of aromatic nitrogens is 1. The van der Waals surface area contributed by atoms with Gasteiger partial charge in [0.2, 0.25) is 0 Å². The predicted molar refractivity (Wildman–Crippen MR) is 49.1 cm³/mol. The van der Waals surface area contributed by atoms with Gasteiger partial charge in [-0.1, -0.05) is 0 Å². The van der Waals surface area contributed by atoms with Crippen molar-refractivity contribution in [2.45, 2.75) is 19.8 Å². The Morgan fingerprint density at radius 3 is 3.00 bits per heavy atom. The van der Waals surface area contributed by atoms with E-state index >= 15 is 0 Å². The smallest absolute Gasteiger partial charge is 0.0897 e. The molecule has 3 heteroatoms. The summed E-state index contributed by atoms with van der Waals surface area (Å²) in [4.78, 5) is 4.37. The second-order valence-corrected chi connectivity index (χ2v) is 3.63. The Labute approximate surface area is 71.7 Å². The van der Waals surface area contributed by atoms with E-state index in [1.807, 2.05) is 14.0 Å². The van der Waals surface area contributed by atoms with E-state index in [4.69, 9.17) is 0 Å². The van der Waals surface area contributed by atoms with E-state index in [2.05, 4.69) is 15.7 Å². The lowest BCUT2D eigenvalue weighted by Crippen LogP contribution is -2.08. The molecule has 2 nitrogen and oxygen atoms in total. The van der Waals surface area contributed by atoms with E-state index in [1.54, 1.807) is 11.3 Å². The van der Waals surface area contributed by atoms with Crippen LogP contribution in [0.4, 0.5) is 0 Å². The molecule has 0 aliphatic heterocycles. The summed E-state index contributed by atoms with van der Waals surface area (Å²) >= 11 is 1.73. The minimum atomic E-state index is 1.08. The standard InChI is InChI=1S/C8H14N2S/c1-7-10-8(6-11-7)4-3-5-9-2/h6,9H,3-5H2,1-2H3. The average Bonchev–Trinajstić information content (AvgIpc) is 2.37. The van der Waals surface area contributed by atoms with Gasteiger partial charge in [0.25, 0.3) is 0 Å². The normalized spacial score (nSPS) is 10.4. The maximum atomic E-state index is 4.37. The molecule has 0 aliphatic carbocycles. The second kappa shape index (κ2) is 4.46. The van der Waals surface area contributed by atoms with Crippen molar-refractivity contribution in [2.24, 2.45) is 0 Å². The van der Waals surface area contributed by atoms with E-state index in [9.17, 15) is 0 Å². The third kappa shape index (κ3) is 2.99. The number of aryl methyl sites for hydroxylation is 2. The number of nitrogens with zero attached hydrogens (tertiary/aromatic N) is 1. The topological polar surface area (TPSA) is 24.9 Å². The zero-order valence-electron chi connectivity index (χ0n) is 7.05. The molecule has 0 saturated carbocycles. The third-order valence-electron chi connectivity index (χ3n) is 1.53. The molecule has 0 fully saturated rings. The Kier molecular flexibility index (Phi) is 3.52. The molecular weight excluding hydrogens is 156 g/mol. The fourth-order valence-corrected chi connectivity index (χ4v) is 1.62. The maximum Gasteiger partial charge on any atom is 0.0897 e. The summed E-state index contributed by atoms with van der Waals surface area (Å²) in [5.41, 5.74) is 1.24. The summed E-state index contributed by atoms with van der Waals surface area (Å²) in [6.45, 7) is 3.13. The molecule has 0 spiro atoms. The molecular formula is C8H14N2S. The Morgan fingerprint density at radius 2 is 2.45 bits per heavy atom. The van der Waals surface area contributed by atoms with Crippen LogP contribution < -0.4 is 5.32 Å². The van der Waals surface area contributed by atoms with Crippen molar-refractivity contribution in [3.05, 3.63) is 16.1 Å². The Balaban J connectivity index is 2.27. The molecule has 0 saturated heterocycles. The van der Waals surface area contributed by atoms with Gasteiger partial charge in [-0.05, 0) is 33.4 Å². The van der Waals surface area contributed by atoms with Crippen molar-refractivity contribution in [3.8, 4) is 0 Å². The highest BCUT2D eigenvalue weighted by Gasteiger charge is 1.96. The van der Waals surface area contributed by atoms with Crippen molar-refractivity contribution >= 4 is 11.3 Å². The summed E-state index contributed by atoms with van der Waals surface area (Å²) in [7, 11) is 1.98. The number of thiazole rings is 1. The minimum absolute atomic E-state index is 1.08. The molecule has 1 N–H and O–H groups in total. The number of nitrogens with one attached hydrogen (secondary N) is 1. The van der Waals surface area contributed by atoms with E-state index in [-0.39, 0.29) is 0 Å². The summed E-state index contributed by atoms with van der Waals surface area (Å²) in [6.07, 6.45) is 2.28. The van der Waals surface area contributed by atoms with E-state index in [0.29, 0.717) is 0 Å². The Hall–Kier alpha value is -0.410. The first-order valence-electron chi connectivity index (χ1n) is 3.88. The van der Waals surface area contributed by atoms with Gasteiger partial charge in [-0.25, -0.2) is 4.98 Å². The van der Waals surface area contributed by atoms with Crippen LogP contribution >= 0.6 is 11.3 Å². The van der Waals surface area contributed by atoms with Gasteiger partial charge in [0, 0.05) is 5.38 Å². The van der Waals surface area contributed by atoms with Gasteiger partial charge >= 0.3 is 0 Å². The van der Waals surface area contributed by atoms with Crippen LogP contribution in [0.1, 0.15) is 17.1 Å². The molecule has 1 heterocycles. The maximum absolute atomic E-state index is 4.37. The molecule has 0 radical (unpaired) electrons. The summed E-state index contributed by atoms with van der Waals surface area (Å²) in [5.74, 6) is 0. The lowest BCUT2D eigenvalue weighted by Gasteiger charge is -1.95. The van der Waals surface area contributed by atoms with Gasteiger partial charge in [0.15, 0.2) is 0 Å². The third-order valence-corrected chi connectivity index (χ3v) is 2.35. The fraction of sp³-hybridized carbons (Fsp3) is 0.625. The lowest BCUT2D eigenvalue weighted by atomic mass is 10.2. The minimum Gasteiger partial charge on any atom is -0.320 e. The molecule has 0 unspecified atom stereocenters. The van der Waals surface area contributed by atoms with Crippen LogP contribution in [0, 0.1) is 6.92 Å². The molecule has 11 heavy (non-hydrogen) atoms. The van der Waals surface area contributed by atoms with Crippen LogP contribution in [0.25, 0.3) is 0 Å². The number of rotatable bonds is 4. The summed E-state index contributed by atoms with van der Waals surface area (Å²) in [5, 5.41) is 6.44. The SMILES string of the molecule is CNCCCc1csc(C)n1. The first kappa shape index (κ1) is 8.68. The quantitative estimate of drug-likeness (QED) is 0.694. The largest absolute Gasteiger partial charge is 0.320 e. The highest BCUT2D eigenvalue weighted by molar-refractivity contribution is 7.09. The Morgan fingerprint density at radius 1 is 1.64 bits per heavy atom. The van der Waals surface area contributed by atoms with Gasteiger partial charge in [-0.2, -0.15) is 0 Å². The van der Waals surface area contributed by atoms with Crippen LogP contribution in [-0.4, -0.2) is 18.6 Å². The zero-order chi connectivity index (χ0) is 8.10. The molecule has 0 bridgehead atoms. The fourth-order valence-electron chi connectivity index (χ4n) is 0.969. The van der Waals surface area contributed by atoms with Crippen molar-refractivity contribution in [2.75, 3.05) is 13.6 Å². The van der Waals surface area contributed by atoms with Crippen LogP contribution in [-0.2, 0) is 6.42 Å². The van der Waals surface area contributed by atoms with Crippen molar-refractivity contribution in [1.29, 1.82) is 0 Å². The monoisotopic (exact) mass is 170 g/mol. The van der Waals surface area contributed by atoms with Gasteiger partial charge in [-0.15, -0.1) is 11.3 Å². The summed E-state index contributed by atoms with van der Waals surface area (Å²) in [6, 6.07) is 0. The zero-order valence-corrected chi connectivity index (χ0v) is 7.87. The second-order valence-electron chi connectivity index (χ2n) is 2.56. The van der Waals surface area contributed by atoms with Crippen molar-refractivity contribution in [3.63, 3.8) is 0 Å². The first-order valence-corrected chi connectivity index (χ1v) is 4.76. The average molecular weight is 170 g/mol. The van der Waals surface area contributed by atoms with Gasteiger partial charge < -0.3 is 5.32 Å². The first-order chi connectivity index (χ1) is 5.33. The molecule has 1 rings (SSSR count). The van der Waals surface area contributed by atoms with Gasteiger partial charge in [0.05, 0.1) is 10.7 Å². The Bertz CT molecular complexity index is 208. The van der Waals surface area contributed by atoms with E-state index in [1.165, 1.54) is 17.1 Å². The van der Waals surface area contributed by atoms with Crippen molar-refractivity contribution in [1.82, 2.24) is 10.3 Å². The number of hydrogen-bond donors (Lipinski definition) is 1. The number of hydrogen-bond acceptors (Lipinski definition) is 3. The lowest BCUT2D eigenvalue weighted by molar-refractivity contribution is 0.717. The molecule has 0 amide bonds. The van der Waals surface area contributed by atoms with Crippen molar-refractivity contribution < 1.29 is 0 Å². The predicted octanol–water partition coefficient (Wildman–Crippen LogP) is 1.60. The summed E-state index contributed by atoms with van der Waals surface area (Å²) < 4.78 is 0. The molecule has 1 aromatic heterocycles. The van der Waals surface area contributed by atoms with E-state index in [0.717, 1.165) is 13.0 Å². The molecule has 0 aliphatic rings. The van der Waals surface area contributed by atoms with Crippen LogP contribution in [0.5, 0.6) is 0 Å². The van der Waals surface area contributed by atoms with Crippen LogP contribution in [0.2, 0.25) is 0 Å². The van der Waals surface area contributed by atoms with Crippen LogP contribution in [0.15, 0.2) is 5.38 Å². The van der Waals surface area contributed by atoms with E-state index < -0.39 is 0 Å². The molecule has 0 atom stereocenters. The van der Waals surface area contributed by atoms with Gasteiger partial charge in [0.1, 0.15) is 0 Å². The highest BCUT2D eigenvalue weighted by atomic mass is 32.1. The molecule has 62 valence electrons. The highest BCUT2D eigenvalue weighted by Crippen LogP contribution is 2.08. The molecule has 1 aromatic rings. The van der Waals surface area contributed by atoms with Crippen LogP contribution in [0.3, 0.4) is 0 Å².